The molecule has 2 N–H and O–H groups in total. The molecule has 1 aromatic heterocycles. The third kappa shape index (κ3) is 2.46. The van der Waals surface area contributed by atoms with Crippen molar-refractivity contribution < 1.29 is 4.79 Å². The summed E-state index contributed by atoms with van der Waals surface area (Å²) in [7, 11) is 1.63. The van der Waals surface area contributed by atoms with Gasteiger partial charge in [0.1, 0.15) is 11.8 Å². The van der Waals surface area contributed by atoms with Crippen molar-refractivity contribution in [2.45, 2.75) is 20.4 Å². The molecule has 0 radical (unpaired) electrons. The molecule has 6 nitrogen and oxygen atoms in total. The molecule has 1 aromatic carbocycles. The summed E-state index contributed by atoms with van der Waals surface area (Å²) in [6.45, 7) is 4.21. The van der Waals surface area contributed by atoms with Crippen LogP contribution in [0.5, 0.6) is 0 Å². The quantitative estimate of drug-likeness (QED) is 0.932. The van der Waals surface area contributed by atoms with Gasteiger partial charge >= 0.3 is 0 Å². The van der Waals surface area contributed by atoms with Crippen LogP contribution in [0.15, 0.2) is 24.3 Å². The number of aromatic nitrogens is 2. The zero-order chi connectivity index (χ0) is 15.6. The smallest absolute Gasteiger partial charge is 0.278 e. The number of hydrogen-bond acceptors (Lipinski definition) is 4. The van der Waals surface area contributed by atoms with E-state index in [0.29, 0.717) is 34.9 Å². The van der Waals surface area contributed by atoms with Crippen LogP contribution in [-0.2, 0) is 6.54 Å². The molecule has 2 aromatic rings. The maximum Gasteiger partial charge on any atom is 0.278 e. The molecule has 0 spiro atoms. The van der Waals surface area contributed by atoms with E-state index in [-0.39, 0.29) is 5.91 Å². The number of para-hydroxylation sites is 1. The van der Waals surface area contributed by atoms with Gasteiger partial charge in [-0.15, -0.1) is 0 Å². The van der Waals surface area contributed by atoms with Gasteiger partial charge in [-0.3, -0.25) is 9.48 Å². The summed E-state index contributed by atoms with van der Waals surface area (Å²) in [6, 6.07) is 9.03. The van der Waals surface area contributed by atoms with Gasteiger partial charge in [0, 0.05) is 13.6 Å². The number of amides is 1. The number of nitriles is 1. The van der Waals surface area contributed by atoms with Crippen molar-refractivity contribution in [2.24, 2.45) is 0 Å². The molecular weight excluding hydrogens is 266 g/mol. The van der Waals surface area contributed by atoms with E-state index < -0.39 is 0 Å². The third-order valence-electron chi connectivity index (χ3n) is 3.37. The van der Waals surface area contributed by atoms with E-state index in [1.165, 1.54) is 4.90 Å². The van der Waals surface area contributed by atoms with E-state index in [2.05, 4.69) is 11.2 Å². The van der Waals surface area contributed by atoms with Crippen LogP contribution in [-0.4, -0.2) is 22.7 Å². The predicted octanol–water partition coefficient (Wildman–Crippen LogP) is 1.94. The number of carbonyl (C=O) groups excluding carboxylic acids is 1. The van der Waals surface area contributed by atoms with Crippen molar-refractivity contribution in [1.29, 1.82) is 5.26 Å². The Hall–Kier alpha value is -2.81. The summed E-state index contributed by atoms with van der Waals surface area (Å²) in [4.78, 5) is 14.1. The Bertz CT molecular complexity index is 726. The minimum atomic E-state index is -0.280. The number of rotatable bonds is 3. The highest BCUT2D eigenvalue weighted by Gasteiger charge is 2.24. The number of nitrogens with zero attached hydrogens (tertiary/aromatic N) is 4. The van der Waals surface area contributed by atoms with Gasteiger partial charge < -0.3 is 10.6 Å². The SMILES string of the molecule is CCn1nc(C)c(N)c1C(=O)N(C)c1ccccc1C#N. The van der Waals surface area contributed by atoms with E-state index in [9.17, 15) is 4.79 Å². The van der Waals surface area contributed by atoms with Crippen LogP contribution in [0.25, 0.3) is 0 Å². The molecule has 0 bridgehead atoms. The Morgan fingerprint density at radius 1 is 1.48 bits per heavy atom. The van der Waals surface area contributed by atoms with Gasteiger partial charge in [0.2, 0.25) is 0 Å². The van der Waals surface area contributed by atoms with Crippen molar-refractivity contribution in [3.63, 3.8) is 0 Å². The first-order valence-corrected chi connectivity index (χ1v) is 6.61. The maximum atomic E-state index is 12.7. The van der Waals surface area contributed by atoms with Crippen molar-refractivity contribution in [3.8, 4) is 6.07 Å². The largest absolute Gasteiger partial charge is 0.395 e. The van der Waals surface area contributed by atoms with Crippen LogP contribution < -0.4 is 10.6 Å². The van der Waals surface area contributed by atoms with Crippen molar-refractivity contribution in [1.82, 2.24) is 9.78 Å². The average molecular weight is 283 g/mol. The van der Waals surface area contributed by atoms with Gasteiger partial charge in [-0.2, -0.15) is 10.4 Å². The maximum absolute atomic E-state index is 12.7. The van der Waals surface area contributed by atoms with Crippen LogP contribution >= 0.6 is 0 Å². The van der Waals surface area contributed by atoms with Gasteiger partial charge in [-0.25, -0.2) is 0 Å². The summed E-state index contributed by atoms with van der Waals surface area (Å²) < 4.78 is 1.58. The van der Waals surface area contributed by atoms with E-state index in [4.69, 9.17) is 11.0 Å². The molecule has 1 amide bonds. The molecule has 1 heterocycles. The summed E-state index contributed by atoms with van der Waals surface area (Å²) in [6.07, 6.45) is 0. The molecule has 0 aliphatic rings. The normalized spacial score (nSPS) is 10.2. The number of hydrogen-bond donors (Lipinski definition) is 1. The molecule has 0 saturated carbocycles. The Morgan fingerprint density at radius 3 is 2.76 bits per heavy atom. The molecule has 0 fully saturated rings. The molecule has 6 heteroatoms. The Balaban J connectivity index is 2.48. The molecule has 0 unspecified atom stereocenters. The lowest BCUT2D eigenvalue weighted by Gasteiger charge is -2.19. The van der Waals surface area contributed by atoms with Crippen LogP contribution in [0.3, 0.4) is 0 Å². The second-order valence-electron chi connectivity index (χ2n) is 4.66. The standard InChI is InChI=1S/C15H17N5O/c1-4-20-14(13(17)10(2)18-20)15(21)19(3)12-8-6-5-7-11(12)9-16/h5-8H,4,17H2,1-3H3. The minimum absolute atomic E-state index is 0.280. The van der Waals surface area contributed by atoms with Crippen LogP contribution in [0.2, 0.25) is 0 Å². The highest BCUT2D eigenvalue weighted by atomic mass is 16.2. The molecule has 21 heavy (non-hydrogen) atoms. The van der Waals surface area contributed by atoms with Crippen LogP contribution in [0, 0.1) is 18.3 Å². The lowest BCUT2D eigenvalue weighted by atomic mass is 10.1. The Morgan fingerprint density at radius 2 is 2.14 bits per heavy atom. The minimum Gasteiger partial charge on any atom is -0.395 e. The number of anilines is 2. The van der Waals surface area contributed by atoms with Gasteiger partial charge in [-0.1, -0.05) is 12.1 Å². The number of aryl methyl sites for hydroxylation is 2. The van der Waals surface area contributed by atoms with E-state index in [0.717, 1.165) is 0 Å². The number of carbonyl (C=O) groups is 1. The van der Waals surface area contributed by atoms with E-state index in [1.54, 1.807) is 42.9 Å². The number of nitrogen functional groups attached to an aromatic ring is 1. The average Bonchev–Trinajstić information content (AvgIpc) is 2.80. The second-order valence-corrected chi connectivity index (χ2v) is 4.66. The van der Waals surface area contributed by atoms with Gasteiger partial charge in [-0.05, 0) is 26.0 Å². The van der Waals surface area contributed by atoms with E-state index in [1.807, 2.05) is 6.92 Å². The van der Waals surface area contributed by atoms with E-state index >= 15 is 0 Å². The van der Waals surface area contributed by atoms with Gasteiger partial charge in [0.25, 0.3) is 5.91 Å². The van der Waals surface area contributed by atoms with Gasteiger partial charge in [0.05, 0.1) is 22.6 Å². The predicted molar refractivity (Wildman–Crippen MR) is 80.9 cm³/mol. The summed E-state index contributed by atoms with van der Waals surface area (Å²) >= 11 is 0. The zero-order valence-corrected chi connectivity index (χ0v) is 12.3. The fraction of sp³-hybridized carbons (Fsp3) is 0.267. The second kappa shape index (κ2) is 5.67. The lowest BCUT2D eigenvalue weighted by molar-refractivity contribution is 0.0983. The van der Waals surface area contributed by atoms with Crippen molar-refractivity contribution in [3.05, 3.63) is 41.2 Å². The molecule has 0 aliphatic carbocycles. The number of nitrogens with two attached hydrogens (primary N) is 1. The summed E-state index contributed by atoms with van der Waals surface area (Å²) in [5.74, 6) is -0.280. The fourth-order valence-electron chi connectivity index (χ4n) is 2.18. The molecule has 2 rings (SSSR count). The van der Waals surface area contributed by atoms with Crippen LogP contribution in [0.4, 0.5) is 11.4 Å². The molecular formula is C15H17N5O. The molecule has 108 valence electrons. The zero-order valence-electron chi connectivity index (χ0n) is 12.3. The molecule has 0 saturated heterocycles. The highest BCUT2D eigenvalue weighted by Crippen LogP contribution is 2.23. The Labute approximate surface area is 123 Å². The summed E-state index contributed by atoms with van der Waals surface area (Å²) in [5.41, 5.74) is 8.31. The third-order valence-corrected chi connectivity index (χ3v) is 3.37. The number of benzene rings is 1. The van der Waals surface area contributed by atoms with Crippen molar-refractivity contribution >= 4 is 17.3 Å². The first kappa shape index (κ1) is 14.6. The van der Waals surface area contributed by atoms with Crippen LogP contribution in [0.1, 0.15) is 28.7 Å². The Kier molecular flexibility index (Phi) is 3.94. The monoisotopic (exact) mass is 283 g/mol. The topological polar surface area (TPSA) is 87.9 Å². The first-order valence-electron chi connectivity index (χ1n) is 6.61. The summed E-state index contributed by atoms with van der Waals surface area (Å²) in [5, 5.41) is 13.4. The fourth-order valence-corrected chi connectivity index (χ4v) is 2.18. The lowest BCUT2D eigenvalue weighted by Crippen LogP contribution is -2.30. The van der Waals surface area contributed by atoms with Gasteiger partial charge in [0.15, 0.2) is 0 Å². The van der Waals surface area contributed by atoms with Crippen molar-refractivity contribution in [2.75, 3.05) is 17.7 Å². The molecule has 0 aliphatic heterocycles. The first-order chi connectivity index (χ1) is 10.0. The highest BCUT2D eigenvalue weighted by molar-refractivity contribution is 6.08. The molecule has 0 atom stereocenters.